The van der Waals surface area contributed by atoms with Gasteiger partial charge in [-0.25, -0.2) is 19.9 Å². The van der Waals surface area contributed by atoms with E-state index in [1.807, 2.05) is 0 Å². The van der Waals surface area contributed by atoms with E-state index >= 15 is 0 Å². The molecule has 6 aromatic heterocycles. The molecule has 10 heterocycles. The zero-order chi connectivity index (χ0) is 68.6. The molecule has 494 valence electrons. The van der Waals surface area contributed by atoms with Crippen LogP contribution in [0.3, 0.4) is 0 Å². The van der Waals surface area contributed by atoms with Gasteiger partial charge in [0.15, 0.2) is 0 Å². The van der Waals surface area contributed by atoms with Crippen LogP contribution in [-0.4, -0.2) is 53.1 Å². The van der Waals surface area contributed by atoms with E-state index in [1.54, 1.807) is 0 Å². The van der Waals surface area contributed by atoms with Crippen molar-refractivity contribution in [1.29, 1.82) is 0 Å². The van der Waals surface area contributed by atoms with Crippen molar-refractivity contribution in [2.24, 2.45) is 0 Å². The minimum absolute atomic E-state index is 0.457. The third kappa shape index (κ3) is 12.3. The van der Waals surface area contributed by atoms with Crippen molar-refractivity contribution in [3.05, 3.63) is 285 Å². The van der Waals surface area contributed by atoms with E-state index in [0.29, 0.717) is 24.7 Å². The molecule has 4 aliphatic heterocycles. The summed E-state index contributed by atoms with van der Waals surface area (Å²) >= 11 is 7.41. The van der Waals surface area contributed by atoms with Crippen LogP contribution in [0.2, 0.25) is 0 Å². The molecule has 0 unspecified atom stereocenters. The Hall–Kier alpha value is -11.7. The van der Waals surface area contributed by atoms with Gasteiger partial charge in [0.1, 0.15) is 11.5 Å². The first-order chi connectivity index (χ1) is 50.3. The number of ether oxygens (including phenoxy) is 2. The average molecular weight is 1450 g/mol. The van der Waals surface area contributed by atoms with E-state index < -0.39 is 0 Å². The van der Waals surface area contributed by atoms with E-state index in [4.69, 9.17) is 29.4 Å². The monoisotopic (exact) mass is 1450 g/mol. The van der Waals surface area contributed by atoms with E-state index in [9.17, 15) is 0 Å². The van der Waals surface area contributed by atoms with E-state index in [0.717, 1.165) is 213 Å². The maximum atomic E-state index is 7.33. The first-order valence-corrected chi connectivity index (χ1v) is 36.4. The molecule has 0 amide bonds. The summed E-state index contributed by atoms with van der Waals surface area (Å²) in [5.74, 6) is 1.32. The Morgan fingerprint density at radius 1 is 0.265 bits per heavy atom. The summed E-state index contributed by atoms with van der Waals surface area (Å²) in [5.41, 5.74) is 28.7. The van der Waals surface area contributed by atoms with E-state index in [1.165, 1.54) is 0 Å². The lowest BCUT2D eigenvalue weighted by Crippen LogP contribution is -2.03. The van der Waals surface area contributed by atoms with Crippen molar-refractivity contribution in [2.45, 2.75) is 39.5 Å². The number of aromatic amines is 4. The standard InChI is InChI=1S/C90H68Br2N8O2/c1-3-5-51-101-81-53-64(90-79-49-45-71(99-79)85(57-23-15-9-16-24-57)67-37-41-75(95-67)88(60-29-33-62(92)34-30-60)76-42-38-68(96-76)86(58-25-17-10-18-26-58)72-46-50-80(90)100-72)82(102-52-6-4-2)54-63(81)89-77-47-43-69(97-77)83(55-19-11-7-12-20-55)65-35-39-73(93-65)87(59-27-31-61(91)32-28-59)74-40-36-66(94-74)84(56-21-13-8-14-22-56)70-44-48-78(89)98-70/h7-50,53-54,93,95,98,100H,3-6,51-52H2,1-2H3. The van der Waals surface area contributed by atoms with Crippen LogP contribution in [0.4, 0.5) is 0 Å². The smallest absolute Gasteiger partial charge is 0.128 e. The van der Waals surface area contributed by atoms with Gasteiger partial charge in [0.2, 0.25) is 0 Å². The normalized spacial score (nSPS) is 12.2. The lowest BCUT2D eigenvalue weighted by molar-refractivity contribution is 0.303. The Balaban J connectivity index is 0.985. The molecule has 4 aliphatic rings. The maximum absolute atomic E-state index is 7.33. The lowest BCUT2D eigenvalue weighted by atomic mass is 9.95. The summed E-state index contributed by atoms with van der Waals surface area (Å²) < 4.78 is 16.7. The van der Waals surface area contributed by atoms with Crippen molar-refractivity contribution >= 4 is 125 Å². The zero-order valence-electron chi connectivity index (χ0n) is 56.2. The summed E-state index contributed by atoms with van der Waals surface area (Å²) in [6.45, 7) is 5.31. The van der Waals surface area contributed by atoms with Crippen molar-refractivity contribution in [3.63, 3.8) is 0 Å². The third-order valence-corrected chi connectivity index (χ3v) is 20.2. The number of unbranched alkanes of at least 4 members (excludes halogenated alkanes) is 2. The molecule has 4 N–H and O–H groups in total. The molecule has 10 nitrogen and oxygen atoms in total. The number of rotatable bonds is 16. The van der Waals surface area contributed by atoms with Crippen molar-refractivity contribution in [1.82, 2.24) is 39.9 Å². The van der Waals surface area contributed by atoms with Crippen LogP contribution in [0.25, 0.3) is 182 Å². The second kappa shape index (κ2) is 27.8. The summed E-state index contributed by atoms with van der Waals surface area (Å²) in [5, 5.41) is 0. The lowest BCUT2D eigenvalue weighted by Gasteiger charge is -2.19. The molecule has 7 aromatic carbocycles. The van der Waals surface area contributed by atoms with Crippen LogP contribution in [0.5, 0.6) is 11.5 Å². The first kappa shape index (κ1) is 63.7. The highest BCUT2D eigenvalue weighted by Crippen LogP contribution is 2.48. The van der Waals surface area contributed by atoms with Crippen LogP contribution in [0.1, 0.15) is 85.1 Å². The van der Waals surface area contributed by atoms with Crippen molar-refractivity contribution in [2.75, 3.05) is 13.2 Å². The average Bonchev–Trinajstić information content (AvgIpc) is 1.53. The minimum Gasteiger partial charge on any atom is -0.493 e. The molecule has 16 bridgehead atoms. The predicted octanol–water partition coefficient (Wildman–Crippen LogP) is 24.8. The Morgan fingerprint density at radius 2 is 0.480 bits per heavy atom. The zero-order valence-corrected chi connectivity index (χ0v) is 59.3. The number of hydrogen-bond acceptors (Lipinski definition) is 6. The number of nitrogens with one attached hydrogen (secondary N) is 4. The molecule has 0 fully saturated rings. The first-order valence-electron chi connectivity index (χ1n) is 34.8. The van der Waals surface area contributed by atoms with Gasteiger partial charge in [0, 0.05) is 109 Å². The number of hydrogen-bond donors (Lipinski definition) is 4. The Bertz CT molecular complexity index is 5470. The van der Waals surface area contributed by atoms with Crippen LogP contribution in [-0.2, 0) is 0 Å². The SMILES string of the molecule is CCCCOc1cc(-c2c3nc(c(-c4ccccc4)c4ccc([nH]4)c(-c4ccc(Br)cc4)c4nc(c(-c5ccccc5)c5ccc2[nH]5)C=C4)C=C3)c(OCCCC)cc1-c1c2nc(c(-c3ccccc3)c3ccc([nH]3)c(-c3ccc(Br)cc3)c3nc(c(-c4ccccc4)c4ccc1[nH]4)C=C3)C=C2. The fourth-order valence-corrected chi connectivity index (χ4v) is 14.8. The number of nitrogens with zero attached hydrogens (tertiary/aromatic N) is 4. The third-order valence-electron chi connectivity index (χ3n) is 19.2. The van der Waals surface area contributed by atoms with Crippen molar-refractivity contribution < 1.29 is 9.47 Å². The summed E-state index contributed by atoms with van der Waals surface area (Å²) in [4.78, 5) is 38.6. The molecule has 0 saturated heterocycles. The van der Waals surface area contributed by atoms with Gasteiger partial charge in [-0.3, -0.25) is 0 Å². The summed E-state index contributed by atoms with van der Waals surface area (Å²) in [6.07, 6.45) is 20.6. The van der Waals surface area contributed by atoms with Gasteiger partial charge in [-0.15, -0.1) is 0 Å². The number of aromatic nitrogens is 8. The second-order valence-corrected chi connectivity index (χ2v) is 27.6. The largest absolute Gasteiger partial charge is 0.493 e. The molecule has 0 aliphatic carbocycles. The molecule has 0 spiro atoms. The van der Waals surface area contributed by atoms with E-state index in [-0.39, 0.29) is 0 Å². The fourth-order valence-electron chi connectivity index (χ4n) is 14.3. The van der Waals surface area contributed by atoms with Gasteiger partial charge in [0.25, 0.3) is 0 Å². The second-order valence-electron chi connectivity index (χ2n) is 25.7. The molecule has 102 heavy (non-hydrogen) atoms. The maximum Gasteiger partial charge on any atom is 0.128 e. The van der Waals surface area contributed by atoms with Crippen LogP contribution in [0.15, 0.2) is 239 Å². The quantitative estimate of drug-likeness (QED) is 0.0712. The Morgan fingerprint density at radius 3 is 0.716 bits per heavy atom. The number of H-pyrrole nitrogens is 4. The highest BCUT2D eigenvalue weighted by molar-refractivity contribution is 9.10. The van der Waals surface area contributed by atoms with Gasteiger partial charge in [-0.1, -0.05) is 204 Å². The number of fused-ring (bicyclic) bond motifs is 16. The number of benzene rings is 7. The molecular formula is C90H68Br2N8O2. The van der Waals surface area contributed by atoms with Gasteiger partial charge in [0.05, 0.1) is 58.8 Å². The van der Waals surface area contributed by atoms with Gasteiger partial charge in [-0.2, -0.15) is 0 Å². The summed E-state index contributed by atoms with van der Waals surface area (Å²) in [6, 6.07) is 80.8. The highest BCUT2D eigenvalue weighted by Gasteiger charge is 2.27. The molecular weight excluding hydrogens is 1380 g/mol. The van der Waals surface area contributed by atoms with Gasteiger partial charge >= 0.3 is 0 Å². The number of halogens is 2. The topological polar surface area (TPSA) is 133 Å². The van der Waals surface area contributed by atoms with Crippen molar-refractivity contribution in [3.8, 4) is 101 Å². The van der Waals surface area contributed by atoms with E-state index in [2.05, 4.69) is 345 Å². The molecule has 0 atom stereocenters. The molecule has 13 aromatic rings. The van der Waals surface area contributed by atoms with Crippen LogP contribution >= 0.6 is 31.9 Å². The molecule has 0 radical (unpaired) electrons. The Labute approximate surface area is 608 Å². The Kier molecular flexibility index (Phi) is 17.4. The summed E-state index contributed by atoms with van der Waals surface area (Å²) in [7, 11) is 0. The molecule has 12 heteroatoms. The van der Waals surface area contributed by atoms with Gasteiger partial charge < -0.3 is 29.4 Å². The molecule has 0 saturated carbocycles. The minimum atomic E-state index is 0.457. The van der Waals surface area contributed by atoms with Crippen LogP contribution in [0, 0.1) is 0 Å². The van der Waals surface area contributed by atoms with Gasteiger partial charge in [-0.05, 0) is 180 Å². The predicted molar refractivity (Wildman–Crippen MR) is 431 cm³/mol. The highest BCUT2D eigenvalue weighted by atomic mass is 79.9. The fraction of sp³-hybridized carbons (Fsp3) is 0.0889. The van der Waals surface area contributed by atoms with Crippen LogP contribution < -0.4 is 9.47 Å². The molecule has 17 rings (SSSR count).